The van der Waals surface area contributed by atoms with Crippen LogP contribution in [0.2, 0.25) is 0 Å². The van der Waals surface area contributed by atoms with Gasteiger partial charge in [-0.25, -0.2) is 14.3 Å². The monoisotopic (exact) mass is 177 g/mol. The third-order valence-corrected chi connectivity index (χ3v) is 1.81. The quantitative estimate of drug-likeness (QED) is 0.591. The zero-order valence-electron chi connectivity index (χ0n) is 6.64. The molecule has 0 radical (unpaired) electrons. The maximum Gasteiger partial charge on any atom is 0.417 e. The van der Waals surface area contributed by atoms with Crippen LogP contribution in [0.5, 0.6) is 0 Å². The van der Waals surface area contributed by atoms with Crippen molar-refractivity contribution in [3.05, 3.63) is 24.5 Å². The summed E-state index contributed by atoms with van der Waals surface area (Å²) in [4.78, 5) is 14.6. The lowest BCUT2D eigenvalue weighted by Crippen LogP contribution is -2.05. The van der Waals surface area contributed by atoms with Gasteiger partial charge in [-0.1, -0.05) is 6.07 Å². The maximum absolute atomic E-state index is 10.7. The highest BCUT2D eigenvalue weighted by molar-refractivity contribution is 5.92. The predicted octanol–water partition coefficient (Wildman–Crippen LogP) is 1.14. The van der Waals surface area contributed by atoms with Crippen LogP contribution in [0.1, 0.15) is 0 Å². The minimum Gasteiger partial charge on any atom is -0.464 e. The number of para-hydroxylation sites is 1. The van der Waals surface area contributed by atoms with Gasteiger partial charge in [0, 0.05) is 0 Å². The first kappa shape index (κ1) is 7.60. The summed E-state index contributed by atoms with van der Waals surface area (Å²) in [6, 6.07) is 5.03. The Morgan fingerprint density at radius 2 is 2.31 bits per heavy atom. The van der Waals surface area contributed by atoms with Crippen molar-refractivity contribution in [3.8, 4) is 0 Å². The number of imidazole rings is 1. The standard InChI is InChI=1S/C8H7N3O2/c9-5-2-1-3-6-7(5)10-4-11(6)8(12)13/h1-4H,9H2,(H,12,13). The van der Waals surface area contributed by atoms with Gasteiger partial charge in [0.05, 0.1) is 11.2 Å². The number of fused-ring (bicyclic) bond motifs is 1. The van der Waals surface area contributed by atoms with Crippen LogP contribution in [0.25, 0.3) is 11.0 Å². The average Bonchev–Trinajstić information content (AvgIpc) is 2.48. The van der Waals surface area contributed by atoms with E-state index < -0.39 is 6.09 Å². The summed E-state index contributed by atoms with van der Waals surface area (Å²) < 4.78 is 1.03. The van der Waals surface area contributed by atoms with Gasteiger partial charge >= 0.3 is 6.09 Å². The number of nitrogens with two attached hydrogens (primary N) is 1. The molecule has 0 aliphatic rings. The van der Waals surface area contributed by atoms with Crippen LogP contribution >= 0.6 is 0 Å². The molecule has 0 fully saturated rings. The number of hydrogen-bond donors (Lipinski definition) is 2. The molecule has 1 heterocycles. The second-order valence-corrected chi connectivity index (χ2v) is 2.61. The zero-order valence-corrected chi connectivity index (χ0v) is 6.64. The molecule has 1 aromatic carbocycles. The first-order chi connectivity index (χ1) is 6.20. The summed E-state index contributed by atoms with van der Waals surface area (Å²) in [5.41, 5.74) is 7.11. The van der Waals surface area contributed by atoms with Gasteiger partial charge in [-0.3, -0.25) is 0 Å². The molecule has 3 N–H and O–H groups in total. The fraction of sp³-hybridized carbons (Fsp3) is 0. The van der Waals surface area contributed by atoms with Crippen LogP contribution < -0.4 is 5.73 Å². The third-order valence-electron chi connectivity index (χ3n) is 1.81. The van der Waals surface area contributed by atoms with Crippen LogP contribution in [-0.4, -0.2) is 20.8 Å². The van der Waals surface area contributed by atoms with E-state index in [9.17, 15) is 4.79 Å². The van der Waals surface area contributed by atoms with E-state index in [-0.39, 0.29) is 0 Å². The Labute approximate surface area is 73.4 Å². The molecule has 0 amide bonds. The summed E-state index contributed by atoms with van der Waals surface area (Å²) in [5, 5.41) is 8.74. The SMILES string of the molecule is Nc1cccc2c1ncn2C(=O)O. The largest absolute Gasteiger partial charge is 0.464 e. The molecule has 0 aliphatic heterocycles. The van der Waals surface area contributed by atoms with Crippen LogP contribution in [0, 0.1) is 0 Å². The maximum atomic E-state index is 10.7. The van der Waals surface area contributed by atoms with Gasteiger partial charge in [0.2, 0.25) is 0 Å². The number of hydrogen-bond acceptors (Lipinski definition) is 3. The third kappa shape index (κ3) is 1.01. The molecule has 0 saturated heterocycles. The van der Waals surface area contributed by atoms with E-state index in [1.807, 2.05) is 0 Å². The molecular weight excluding hydrogens is 170 g/mol. The molecule has 0 atom stereocenters. The molecule has 0 saturated carbocycles. The Morgan fingerprint density at radius 1 is 1.54 bits per heavy atom. The number of anilines is 1. The van der Waals surface area contributed by atoms with E-state index in [1.165, 1.54) is 6.33 Å². The number of nitrogens with zero attached hydrogens (tertiary/aromatic N) is 2. The van der Waals surface area contributed by atoms with Crippen molar-refractivity contribution >= 4 is 22.8 Å². The van der Waals surface area contributed by atoms with Crippen molar-refractivity contribution in [3.63, 3.8) is 0 Å². The normalized spacial score (nSPS) is 10.5. The number of aromatic nitrogens is 2. The lowest BCUT2D eigenvalue weighted by atomic mass is 10.3. The molecule has 13 heavy (non-hydrogen) atoms. The molecule has 5 heteroatoms. The van der Waals surface area contributed by atoms with Crippen LogP contribution in [0.15, 0.2) is 24.5 Å². The summed E-state index contributed by atoms with van der Waals surface area (Å²) in [6.45, 7) is 0. The molecule has 0 spiro atoms. The molecule has 2 rings (SSSR count). The topological polar surface area (TPSA) is 81.1 Å². The second-order valence-electron chi connectivity index (χ2n) is 2.61. The van der Waals surface area contributed by atoms with Gasteiger partial charge in [0.1, 0.15) is 11.8 Å². The minimum atomic E-state index is -1.06. The summed E-state index contributed by atoms with van der Waals surface area (Å²) >= 11 is 0. The van der Waals surface area contributed by atoms with E-state index in [1.54, 1.807) is 18.2 Å². The first-order valence-electron chi connectivity index (χ1n) is 3.65. The Kier molecular flexibility index (Phi) is 1.45. The molecule has 2 aromatic rings. The van der Waals surface area contributed by atoms with E-state index in [4.69, 9.17) is 10.8 Å². The summed E-state index contributed by atoms with van der Waals surface area (Å²) in [7, 11) is 0. The Hall–Kier alpha value is -2.04. The molecule has 0 unspecified atom stereocenters. The average molecular weight is 177 g/mol. The highest BCUT2D eigenvalue weighted by Gasteiger charge is 2.08. The van der Waals surface area contributed by atoms with Gasteiger partial charge in [0.25, 0.3) is 0 Å². The number of benzene rings is 1. The Balaban J connectivity index is 2.83. The lowest BCUT2D eigenvalue weighted by molar-refractivity contribution is 0.197. The molecule has 0 bridgehead atoms. The van der Waals surface area contributed by atoms with Gasteiger partial charge in [-0.2, -0.15) is 0 Å². The van der Waals surface area contributed by atoms with E-state index in [0.717, 1.165) is 4.57 Å². The number of rotatable bonds is 0. The van der Waals surface area contributed by atoms with Crippen molar-refractivity contribution in [1.29, 1.82) is 0 Å². The van der Waals surface area contributed by atoms with E-state index >= 15 is 0 Å². The lowest BCUT2D eigenvalue weighted by Gasteiger charge is -1.96. The van der Waals surface area contributed by atoms with Gasteiger partial charge in [-0.05, 0) is 12.1 Å². The fourth-order valence-corrected chi connectivity index (χ4v) is 1.21. The van der Waals surface area contributed by atoms with Crippen molar-refractivity contribution in [2.45, 2.75) is 0 Å². The molecule has 66 valence electrons. The predicted molar refractivity (Wildman–Crippen MR) is 47.6 cm³/mol. The van der Waals surface area contributed by atoms with E-state index in [2.05, 4.69) is 4.98 Å². The van der Waals surface area contributed by atoms with Crippen molar-refractivity contribution in [1.82, 2.24) is 9.55 Å². The van der Waals surface area contributed by atoms with Gasteiger partial charge < -0.3 is 10.8 Å². The number of carboxylic acid groups (broad SMARTS) is 1. The van der Waals surface area contributed by atoms with Crippen LogP contribution in [0.3, 0.4) is 0 Å². The van der Waals surface area contributed by atoms with Crippen LogP contribution in [0.4, 0.5) is 10.5 Å². The molecule has 5 nitrogen and oxygen atoms in total. The summed E-state index contributed by atoms with van der Waals surface area (Å²) in [6.07, 6.45) is 0.178. The highest BCUT2D eigenvalue weighted by Crippen LogP contribution is 2.18. The molecule has 0 aliphatic carbocycles. The molecule has 1 aromatic heterocycles. The first-order valence-corrected chi connectivity index (χ1v) is 3.65. The van der Waals surface area contributed by atoms with Gasteiger partial charge in [0.15, 0.2) is 0 Å². The van der Waals surface area contributed by atoms with Crippen LogP contribution in [-0.2, 0) is 0 Å². The van der Waals surface area contributed by atoms with Crippen molar-refractivity contribution in [2.24, 2.45) is 0 Å². The van der Waals surface area contributed by atoms with Crippen molar-refractivity contribution in [2.75, 3.05) is 5.73 Å². The number of nitrogen functional groups attached to an aromatic ring is 1. The second kappa shape index (κ2) is 2.48. The van der Waals surface area contributed by atoms with Crippen molar-refractivity contribution < 1.29 is 9.90 Å². The zero-order chi connectivity index (χ0) is 9.42. The smallest absolute Gasteiger partial charge is 0.417 e. The summed E-state index contributed by atoms with van der Waals surface area (Å²) in [5.74, 6) is 0. The minimum absolute atomic E-state index is 0.484. The molecular formula is C8H7N3O2. The fourth-order valence-electron chi connectivity index (χ4n) is 1.21. The number of carbonyl (C=O) groups is 1. The van der Waals surface area contributed by atoms with Gasteiger partial charge in [-0.15, -0.1) is 0 Å². The highest BCUT2D eigenvalue weighted by atomic mass is 16.4. The van der Waals surface area contributed by atoms with E-state index in [0.29, 0.717) is 16.7 Å². The Morgan fingerprint density at radius 3 is 3.00 bits per heavy atom. The Bertz CT molecular complexity index is 475.